The van der Waals surface area contributed by atoms with E-state index in [1.54, 1.807) is 18.2 Å². The van der Waals surface area contributed by atoms with Gasteiger partial charge in [-0.1, -0.05) is 0 Å². The minimum absolute atomic E-state index is 0.154. The van der Waals surface area contributed by atoms with Crippen LogP contribution in [0.15, 0.2) is 42.7 Å². The van der Waals surface area contributed by atoms with E-state index in [9.17, 15) is 10.1 Å². The van der Waals surface area contributed by atoms with Gasteiger partial charge in [0.1, 0.15) is 18.0 Å². The summed E-state index contributed by atoms with van der Waals surface area (Å²) in [5.41, 5.74) is 3.33. The fourth-order valence-electron chi connectivity index (χ4n) is 4.28. The molecule has 1 fully saturated rings. The zero-order chi connectivity index (χ0) is 21.9. The molecule has 8 nitrogen and oxygen atoms in total. The predicted octanol–water partition coefficient (Wildman–Crippen LogP) is 2.69. The number of fused-ring (bicyclic) bond motifs is 2. The largest absolute Gasteiger partial charge is 0.493 e. The molecule has 5 rings (SSSR count). The van der Waals surface area contributed by atoms with E-state index in [0.717, 1.165) is 61.5 Å². The Bertz CT molecular complexity index is 1200. The van der Waals surface area contributed by atoms with Gasteiger partial charge in [-0.25, -0.2) is 9.97 Å². The zero-order valence-electron chi connectivity index (χ0n) is 17.6. The van der Waals surface area contributed by atoms with E-state index >= 15 is 0 Å². The minimum atomic E-state index is -0.580. The van der Waals surface area contributed by atoms with Crippen LogP contribution in [0.1, 0.15) is 29.2 Å². The summed E-state index contributed by atoms with van der Waals surface area (Å²) in [5, 5.41) is 12.9. The average Bonchev–Trinajstić information content (AvgIpc) is 3.16. The predicted molar refractivity (Wildman–Crippen MR) is 119 cm³/mol. The van der Waals surface area contributed by atoms with Crippen LogP contribution in [0.5, 0.6) is 5.75 Å². The number of nitriles is 1. The van der Waals surface area contributed by atoms with Crippen LogP contribution >= 0.6 is 0 Å². The molecular formula is C24H23N5O3. The van der Waals surface area contributed by atoms with Crippen LogP contribution in [-0.2, 0) is 9.53 Å². The normalized spacial score (nSPS) is 18.2. The lowest BCUT2D eigenvalue weighted by Gasteiger charge is -2.26. The molecule has 1 saturated heterocycles. The second-order valence-electron chi connectivity index (χ2n) is 7.93. The topological polar surface area (TPSA) is 100 Å². The van der Waals surface area contributed by atoms with Gasteiger partial charge in [-0.3, -0.25) is 9.69 Å². The van der Waals surface area contributed by atoms with Crippen molar-refractivity contribution in [1.82, 2.24) is 14.9 Å². The van der Waals surface area contributed by atoms with Crippen molar-refractivity contribution in [3.63, 3.8) is 0 Å². The number of hydrogen-bond acceptors (Lipinski definition) is 7. The van der Waals surface area contributed by atoms with Crippen molar-refractivity contribution in [2.24, 2.45) is 0 Å². The monoisotopic (exact) mass is 429 g/mol. The number of carbonyl (C=O) groups excluding carboxylic acids is 1. The van der Waals surface area contributed by atoms with Crippen molar-refractivity contribution in [3.05, 3.63) is 59.5 Å². The van der Waals surface area contributed by atoms with Crippen LogP contribution in [0.25, 0.3) is 10.9 Å². The van der Waals surface area contributed by atoms with E-state index in [2.05, 4.69) is 26.3 Å². The number of ether oxygens (including phenoxy) is 2. The number of nitrogens with zero attached hydrogens (tertiary/aromatic N) is 4. The van der Waals surface area contributed by atoms with E-state index in [4.69, 9.17) is 9.47 Å². The van der Waals surface area contributed by atoms with E-state index in [1.807, 2.05) is 18.2 Å². The van der Waals surface area contributed by atoms with Gasteiger partial charge in [-0.05, 0) is 42.3 Å². The first kappa shape index (κ1) is 20.4. The standard InChI is InChI=1S/C24H23N5O3/c25-14-16-2-5-20-19(12-16)22(24(30)28-20)23-18-4-3-17(13-21(18)26-15-27-23)32-9-1-6-29-7-10-31-11-8-29/h2-5,12-13,15,22H,1,6-11H2,(H,28,30). The third-order valence-electron chi connectivity index (χ3n) is 5.92. The summed E-state index contributed by atoms with van der Waals surface area (Å²) in [6, 6.07) is 13.0. The van der Waals surface area contributed by atoms with Crippen LogP contribution in [-0.4, -0.2) is 60.2 Å². The molecule has 3 aromatic rings. The fourth-order valence-corrected chi connectivity index (χ4v) is 4.28. The van der Waals surface area contributed by atoms with E-state index in [0.29, 0.717) is 23.6 Å². The van der Waals surface area contributed by atoms with Crippen LogP contribution < -0.4 is 10.1 Å². The smallest absolute Gasteiger partial charge is 0.238 e. The fraction of sp³-hybridized carbons (Fsp3) is 0.333. The maximum atomic E-state index is 12.8. The molecule has 2 aliphatic heterocycles. The molecule has 2 aliphatic rings. The summed E-state index contributed by atoms with van der Waals surface area (Å²) < 4.78 is 11.3. The number of benzene rings is 2. The maximum Gasteiger partial charge on any atom is 0.238 e. The summed E-state index contributed by atoms with van der Waals surface area (Å²) in [4.78, 5) is 24.0. The SMILES string of the molecule is N#Cc1ccc2c(c1)C(c1ncnc3cc(OCCCN4CCOCC4)ccc13)C(=O)N2. The van der Waals surface area contributed by atoms with Crippen molar-refractivity contribution >= 4 is 22.5 Å². The molecule has 1 aromatic heterocycles. The Balaban J connectivity index is 1.34. The van der Waals surface area contributed by atoms with Gasteiger partial charge in [0.25, 0.3) is 0 Å². The number of aromatic nitrogens is 2. The van der Waals surface area contributed by atoms with Gasteiger partial charge in [-0.2, -0.15) is 5.26 Å². The molecule has 0 bridgehead atoms. The molecule has 162 valence electrons. The van der Waals surface area contributed by atoms with Gasteiger partial charge in [0, 0.05) is 36.8 Å². The van der Waals surface area contributed by atoms with Gasteiger partial charge in [0.2, 0.25) is 5.91 Å². The van der Waals surface area contributed by atoms with Gasteiger partial charge < -0.3 is 14.8 Å². The first-order valence-corrected chi connectivity index (χ1v) is 10.8. The molecule has 0 saturated carbocycles. The maximum absolute atomic E-state index is 12.8. The highest BCUT2D eigenvalue weighted by molar-refractivity contribution is 6.06. The number of hydrogen-bond donors (Lipinski definition) is 1. The molecular weight excluding hydrogens is 406 g/mol. The summed E-state index contributed by atoms with van der Waals surface area (Å²) in [6.07, 6.45) is 2.41. The number of amides is 1. The molecule has 1 unspecified atom stereocenters. The van der Waals surface area contributed by atoms with Gasteiger partial charge in [0.05, 0.1) is 42.7 Å². The van der Waals surface area contributed by atoms with Crippen molar-refractivity contribution in [2.45, 2.75) is 12.3 Å². The lowest BCUT2D eigenvalue weighted by atomic mass is 9.93. The highest BCUT2D eigenvalue weighted by Crippen LogP contribution is 2.39. The van der Waals surface area contributed by atoms with Gasteiger partial charge >= 0.3 is 0 Å². The average molecular weight is 429 g/mol. The lowest BCUT2D eigenvalue weighted by molar-refractivity contribution is -0.116. The number of anilines is 1. The molecule has 0 aliphatic carbocycles. The zero-order valence-corrected chi connectivity index (χ0v) is 17.6. The highest BCUT2D eigenvalue weighted by Gasteiger charge is 2.34. The minimum Gasteiger partial charge on any atom is -0.493 e. The Morgan fingerprint density at radius 2 is 2.06 bits per heavy atom. The molecule has 1 amide bonds. The Hall–Kier alpha value is -3.54. The second kappa shape index (κ2) is 8.91. The summed E-state index contributed by atoms with van der Waals surface area (Å²) in [7, 11) is 0. The van der Waals surface area contributed by atoms with Crippen molar-refractivity contribution < 1.29 is 14.3 Å². The Labute approximate surface area is 185 Å². The summed E-state index contributed by atoms with van der Waals surface area (Å²) in [6.45, 7) is 5.16. The first-order valence-electron chi connectivity index (χ1n) is 10.8. The third kappa shape index (κ3) is 4.00. The first-order chi connectivity index (χ1) is 15.7. The Morgan fingerprint density at radius 1 is 1.19 bits per heavy atom. The molecule has 32 heavy (non-hydrogen) atoms. The number of rotatable bonds is 6. The van der Waals surface area contributed by atoms with Gasteiger partial charge in [0.15, 0.2) is 0 Å². The highest BCUT2D eigenvalue weighted by atomic mass is 16.5. The molecule has 8 heteroatoms. The summed E-state index contributed by atoms with van der Waals surface area (Å²) in [5.74, 6) is 0.00906. The van der Waals surface area contributed by atoms with Crippen molar-refractivity contribution in [3.8, 4) is 11.8 Å². The molecule has 0 spiro atoms. The van der Waals surface area contributed by atoms with Crippen molar-refractivity contribution in [2.75, 3.05) is 44.8 Å². The number of nitrogens with one attached hydrogen (secondary N) is 1. The molecule has 1 N–H and O–H groups in total. The number of carbonyl (C=O) groups is 1. The van der Waals surface area contributed by atoms with E-state index < -0.39 is 5.92 Å². The van der Waals surface area contributed by atoms with Crippen LogP contribution in [0.3, 0.4) is 0 Å². The molecule has 0 radical (unpaired) electrons. The molecule has 1 atom stereocenters. The Kier molecular flexibility index (Phi) is 5.67. The van der Waals surface area contributed by atoms with Crippen LogP contribution in [0.2, 0.25) is 0 Å². The van der Waals surface area contributed by atoms with Crippen LogP contribution in [0.4, 0.5) is 5.69 Å². The van der Waals surface area contributed by atoms with E-state index in [1.165, 1.54) is 6.33 Å². The van der Waals surface area contributed by atoms with Crippen molar-refractivity contribution in [1.29, 1.82) is 5.26 Å². The molecule has 2 aromatic carbocycles. The molecule has 3 heterocycles. The van der Waals surface area contributed by atoms with Crippen LogP contribution in [0, 0.1) is 11.3 Å². The Morgan fingerprint density at radius 3 is 2.91 bits per heavy atom. The quantitative estimate of drug-likeness (QED) is 0.601. The van der Waals surface area contributed by atoms with E-state index in [-0.39, 0.29) is 5.91 Å². The van der Waals surface area contributed by atoms with Gasteiger partial charge in [-0.15, -0.1) is 0 Å². The number of morpholine rings is 1. The third-order valence-corrected chi connectivity index (χ3v) is 5.92. The lowest BCUT2D eigenvalue weighted by Crippen LogP contribution is -2.37. The summed E-state index contributed by atoms with van der Waals surface area (Å²) >= 11 is 0. The second-order valence-corrected chi connectivity index (χ2v) is 7.93.